The van der Waals surface area contributed by atoms with E-state index < -0.39 is 17.6 Å². The third kappa shape index (κ3) is 5.22. The van der Waals surface area contributed by atoms with Crippen LogP contribution in [-0.2, 0) is 12.7 Å². The number of halogens is 3. The van der Waals surface area contributed by atoms with E-state index in [0.717, 1.165) is 13.1 Å². The highest BCUT2D eigenvalue weighted by atomic mass is 19.4. The largest absolute Gasteiger partial charge is 0.417 e. The van der Waals surface area contributed by atoms with Crippen LogP contribution >= 0.6 is 0 Å². The summed E-state index contributed by atoms with van der Waals surface area (Å²) in [4.78, 5) is 24.7. The van der Waals surface area contributed by atoms with Crippen molar-refractivity contribution in [3.63, 3.8) is 0 Å². The number of hydrogen-bond donors (Lipinski definition) is 1. The summed E-state index contributed by atoms with van der Waals surface area (Å²) in [6.07, 6.45) is 1.16. The van der Waals surface area contributed by atoms with Gasteiger partial charge >= 0.3 is 6.18 Å². The molecule has 11 heteroatoms. The molecule has 1 fully saturated rings. The van der Waals surface area contributed by atoms with E-state index in [1.807, 2.05) is 11.9 Å². The molecule has 38 heavy (non-hydrogen) atoms. The molecule has 5 rings (SSSR count). The van der Waals surface area contributed by atoms with Gasteiger partial charge in [0.05, 0.1) is 11.8 Å². The summed E-state index contributed by atoms with van der Waals surface area (Å²) in [6, 6.07) is 7.71. The minimum Gasteiger partial charge on any atom is -0.366 e. The van der Waals surface area contributed by atoms with Crippen LogP contribution in [0.25, 0.3) is 16.8 Å². The van der Waals surface area contributed by atoms with Gasteiger partial charge in [-0.2, -0.15) is 18.3 Å². The van der Waals surface area contributed by atoms with Crippen LogP contribution in [0.15, 0.2) is 55.1 Å². The van der Waals surface area contributed by atoms with Crippen molar-refractivity contribution in [2.75, 3.05) is 33.2 Å². The molecule has 0 radical (unpaired) electrons. The average Bonchev–Trinajstić information content (AvgIpc) is 3.31. The molecule has 0 spiro atoms. The number of benzene rings is 1. The topological polar surface area (TPSA) is 92.6 Å². The molecule has 4 aromatic rings. The van der Waals surface area contributed by atoms with E-state index in [4.69, 9.17) is 5.73 Å². The van der Waals surface area contributed by atoms with Crippen LogP contribution in [0.2, 0.25) is 0 Å². The number of imidazole rings is 1. The highest BCUT2D eigenvalue weighted by molar-refractivity contribution is 6.01. The van der Waals surface area contributed by atoms with Gasteiger partial charge in [0, 0.05) is 73.6 Å². The normalized spacial score (nSPS) is 14.8. The smallest absolute Gasteiger partial charge is 0.366 e. The Labute approximate surface area is 216 Å². The van der Waals surface area contributed by atoms with Crippen molar-refractivity contribution in [3.05, 3.63) is 83.1 Å². The molecule has 1 aliphatic rings. The second-order valence-electron chi connectivity index (χ2n) is 9.11. The maximum absolute atomic E-state index is 14.6. The lowest BCUT2D eigenvalue weighted by Crippen LogP contribution is -2.44. The van der Waals surface area contributed by atoms with Gasteiger partial charge in [-0.1, -0.05) is 12.0 Å². The quantitative estimate of drug-likeness (QED) is 0.417. The van der Waals surface area contributed by atoms with Crippen molar-refractivity contribution in [3.8, 4) is 23.0 Å². The molecule has 0 bridgehead atoms. The van der Waals surface area contributed by atoms with Gasteiger partial charge in [0.15, 0.2) is 5.65 Å². The summed E-state index contributed by atoms with van der Waals surface area (Å²) >= 11 is 0. The number of likely N-dealkylation sites (N-methyl/N-ethyl adjacent to an activating group) is 1. The predicted molar refractivity (Wildman–Crippen MR) is 135 cm³/mol. The number of nitrogens with zero attached hydrogens (tertiary/aromatic N) is 6. The van der Waals surface area contributed by atoms with Crippen LogP contribution < -0.4 is 5.73 Å². The molecular formula is C27H24F3N7O. The molecule has 1 amide bonds. The highest BCUT2D eigenvalue weighted by Crippen LogP contribution is 2.42. The van der Waals surface area contributed by atoms with Crippen molar-refractivity contribution in [2.45, 2.75) is 12.7 Å². The number of aromatic nitrogens is 4. The van der Waals surface area contributed by atoms with Crippen molar-refractivity contribution >= 4 is 11.6 Å². The maximum atomic E-state index is 14.6. The molecule has 0 aliphatic carbocycles. The zero-order chi connectivity index (χ0) is 26.9. The number of alkyl halides is 3. The molecule has 1 saturated heterocycles. The summed E-state index contributed by atoms with van der Waals surface area (Å²) in [7, 11) is 1.98. The van der Waals surface area contributed by atoms with Gasteiger partial charge in [0.25, 0.3) is 0 Å². The summed E-state index contributed by atoms with van der Waals surface area (Å²) < 4.78 is 45.3. The van der Waals surface area contributed by atoms with Gasteiger partial charge in [-0.05, 0) is 42.8 Å². The Balaban J connectivity index is 1.59. The number of fused-ring (bicyclic) bond motifs is 1. The Morgan fingerprint density at radius 2 is 1.87 bits per heavy atom. The predicted octanol–water partition coefficient (Wildman–Crippen LogP) is 3.06. The molecule has 1 aliphatic heterocycles. The van der Waals surface area contributed by atoms with E-state index in [1.54, 1.807) is 29.0 Å². The first kappa shape index (κ1) is 25.4. The fraction of sp³-hybridized carbons (Fsp3) is 0.259. The van der Waals surface area contributed by atoms with E-state index in [9.17, 15) is 18.0 Å². The van der Waals surface area contributed by atoms with Gasteiger partial charge in [-0.15, -0.1) is 0 Å². The van der Waals surface area contributed by atoms with Crippen molar-refractivity contribution < 1.29 is 18.0 Å². The standard InChI is InChI=1S/C27H24F3N7O/c1-35-9-11-36(12-10-35)17-19-5-7-22(26(31)38)24(25(19)27(28,29)30)20-13-18(14-32-15-20)4-6-21-16-33-23-3-2-8-34-37(21)23/h2-3,5,7-8,13-16H,9-12,17H2,1H3,(H2,31,38). The Morgan fingerprint density at radius 1 is 1.08 bits per heavy atom. The Morgan fingerprint density at radius 3 is 2.61 bits per heavy atom. The third-order valence-electron chi connectivity index (χ3n) is 6.47. The summed E-state index contributed by atoms with van der Waals surface area (Å²) in [6.45, 7) is 2.92. The molecule has 194 valence electrons. The summed E-state index contributed by atoms with van der Waals surface area (Å²) in [5.74, 6) is 4.90. The summed E-state index contributed by atoms with van der Waals surface area (Å²) in [5.41, 5.74) is 5.81. The lowest BCUT2D eigenvalue weighted by Gasteiger charge is -2.33. The van der Waals surface area contributed by atoms with E-state index in [0.29, 0.717) is 30.0 Å². The molecule has 8 nitrogen and oxygen atoms in total. The first-order valence-corrected chi connectivity index (χ1v) is 11.9. The number of pyridine rings is 1. The monoisotopic (exact) mass is 519 g/mol. The van der Waals surface area contributed by atoms with Crippen LogP contribution in [-0.4, -0.2) is 68.5 Å². The van der Waals surface area contributed by atoms with Gasteiger partial charge < -0.3 is 10.6 Å². The number of piperazine rings is 1. The number of rotatable bonds is 4. The van der Waals surface area contributed by atoms with Crippen LogP contribution in [0.1, 0.15) is 32.7 Å². The number of nitrogens with two attached hydrogens (primary N) is 1. The minimum atomic E-state index is -4.73. The van der Waals surface area contributed by atoms with Crippen molar-refractivity contribution in [1.82, 2.24) is 29.4 Å². The van der Waals surface area contributed by atoms with Gasteiger partial charge in [0.1, 0.15) is 5.69 Å². The molecule has 4 heterocycles. The zero-order valence-corrected chi connectivity index (χ0v) is 20.5. The summed E-state index contributed by atoms with van der Waals surface area (Å²) in [5, 5.41) is 4.20. The molecule has 0 unspecified atom stereocenters. The average molecular weight is 520 g/mol. The fourth-order valence-electron chi connectivity index (χ4n) is 4.55. The van der Waals surface area contributed by atoms with Gasteiger partial charge in [0.2, 0.25) is 5.91 Å². The van der Waals surface area contributed by atoms with E-state index >= 15 is 0 Å². The molecule has 2 N–H and O–H groups in total. The van der Waals surface area contributed by atoms with Crippen LogP contribution in [0.5, 0.6) is 0 Å². The molecule has 3 aromatic heterocycles. The highest BCUT2D eigenvalue weighted by Gasteiger charge is 2.39. The second kappa shape index (κ2) is 10.2. The Kier molecular flexibility index (Phi) is 6.84. The van der Waals surface area contributed by atoms with E-state index in [2.05, 4.69) is 31.8 Å². The molecular weight excluding hydrogens is 495 g/mol. The molecule has 1 aromatic carbocycles. The van der Waals surface area contributed by atoms with Gasteiger partial charge in [-0.25, -0.2) is 9.50 Å². The SMILES string of the molecule is CN1CCN(Cc2ccc(C(N)=O)c(-c3cncc(C#Cc4cnc5cccnn45)c3)c2C(F)(F)F)CC1. The second-order valence-corrected chi connectivity index (χ2v) is 9.11. The van der Waals surface area contributed by atoms with Crippen LogP contribution in [0, 0.1) is 11.8 Å². The van der Waals surface area contributed by atoms with E-state index in [-0.39, 0.29) is 28.8 Å². The first-order chi connectivity index (χ1) is 18.2. The van der Waals surface area contributed by atoms with Crippen molar-refractivity contribution in [2.24, 2.45) is 5.73 Å². The van der Waals surface area contributed by atoms with Crippen LogP contribution in [0.4, 0.5) is 13.2 Å². The Hall–Kier alpha value is -4.27. The molecule has 0 saturated carbocycles. The number of amides is 1. The fourth-order valence-corrected chi connectivity index (χ4v) is 4.55. The van der Waals surface area contributed by atoms with E-state index in [1.165, 1.54) is 30.6 Å². The molecule has 0 atom stereocenters. The zero-order valence-electron chi connectivity index (χ0n) is 20.5. The lowest BCUT2D eigenvalue weighted by molar-refractivity contribution is -0.138. The number of carbonyl (C=O) groups is 1. The maximum Gasteiger partial charge on any atom is 0.417 e. The van der Waals surface area contributed by atoms with Crippen molar-refractivity contribution in [1.29, 1.82) is 0 Å². The number of hydrogen-bond acceptors (Lipinski definition) is 6. The lowest BCUT2D eigenvalue weighted by atomic mass is 9.90. The Bertz CT molecular complexity index is 1560. The van der Waals surface area contributed by atoms with Crippen LogP contribution in [0.3, 0.4) is 0 Å². The van der Waals surface area contributed by atoms with Gasteiger partial charge in [-0.3, -0.25) is 14.7 Å². The first-order valence-electron chi connectivity index (χ1n) is 11.9. The number of carbonyl (C=O) groups excluding carboxylic acids is 1. The third-order valence-corrected chi connectivity index (χ3v) is 6.47. The number of primary amides is 1. The minimum absolute atomic E-state index is 0.0790.